The number of rotatable bonds is 5. The number of para-hydroxylation sites is 1. The second kappa shape index (κ2) is 8.19. The highest BCUT2D eigenvalue weighted by atomic mass is 32.2. The van der Waals surface area contributed by atoms with E-state index in [1.54, 1.807) is 47.4 Å². The molecule has 0 radical (unpaired) electrons. The number of benzene rings is 3. The molecule has 0 fully saturated rings. The normalized spacial score (nSPS) is 15.6. The van der Waals surface area contributed by atoms with Crippen LogP contribution in [-0.4, -0.2) is 26.9 Å². The summed E-state index contributed by atoms with van der Waals surface area (Å²) in [7, 11) is -3.92. The van der Waals surface area contributed by atoms with Crippen molar-refractivity contribution in [2.45, 2.75) is 38.1 Å². The van der Waals surface area contributed by atoms with Crippen LogP contribution in [0.5, 0.6) is 0 Å². The Morgan fingerprint density at radius 2 is 1.68 bits per heavy atom. The Bertz CT molecular complexity index is 1220. The van der Waals surface area contributed by atoms with Crippen LogP contribution in [0.1, 0.15) is 23.6 Å². The number of amides is 1. The van der Waals surface area contributed by atoms with Gasteiger partial charge in [0.05, 0.1) is 10.6 Å². The number of hydrogen-bond acceptors (Lipinski definition) is 3. The maximum Gasteiger partial charge on any atom is 0.264 e. The number of fused-ring (bicyclic) bond motifs is 1. The van der Waals surface area contributed by atoms with E-state index in [4.69, 9.17) is 0 Å². The van der Waals surface area contributed by atoms with E-state index in [-0.39, 0.29) is 23.4 Å². The average molecular weight is 435 g/mol. The van der Waals surface area contributed by atoms with Crippen LogP contribution < -0.4 is 9.21 Å². The second-order valence-electron chi connectivity index (χ2n) is 8.11. The fourth-order valence-corrected chi connectivity index (χ4v) is 5.49. The van der Waals surface area contributed by atoms with Crippen molar-refractivity contribution in [1.82, 2.24) is 0 Å². The van der Waals surface area contributed by atoms with Gasteiger partial charge in [-0.2, -0.15) is 0 Å². The van der Waals surface area contributed by atoms with Crippen molar-refractivity contribution in [2.24, 2.45) is 0 Å². The summed E-state index contributed by atoms with van der Waals surface area (Å²) >= 11 is 0. The molecule has 0 saturated heterocycles. The molecular weight excluding hydrogens is 408 g/mol. The Morgan fingerprint density at radius 3 is 2.39 bits per heavy atom. The smallest absolute Gasteiger partial charge is 0.264 e. The fourth-order valence-electron chi connectivity index (χ4n) is 4.08. The van der Waals surface area contributed by atoms with Crippen LogP contribution in [0.3, 0.4) is 0 Å². The summed E-state index contributed by atoms with van der Waals surface area (Å²) in [5, 5.41) is 0. The van der Waals surface area contributed by atoms with Gasteiger partial charge in [-0.25, -0.2) is 8.42 Å². The third-order valence-corrected chi connectivity index (χ3v) is 7.44. The Hall–Kier alpha value is -3.12. The largest absolute Gasteiger partial charge is 0.307 e. The van der Waals surface area contributed by atoms with Gasteiger partial charge in [0.15, 0.2) is 0 Å². The number of hydrogen-bond donors (Lipinski definition) is 0. The summed E-state index contributed by atoms with van der Waals surface area (Å²) in [5.74, 6) is -0.241. The molecule has 31 heavy (non-hydrogen) atoms. The number of carbonyl (C=O) groups is 1. The molecule has 4 rings (SSSR count). The Kier molecular flexibility index (Phi) is 5.58. The first-order chi connectivity index (χ1) is 14.8. The first-order valence-electron chi connectivity index (χ1n) is 10.3. The summed E-state index contributed by atoms with van der Waals surface area (Å²) in [6.07, 6.45) is 0.761. The van der Waals surface area contributed by atoms with Crippen LogP contribution >= 0.6 is 0 Å². The molecule has 1 atom stereocenters. The second-order valence-corrected chi connectivity index (χ2v) is 9.97. The van der Waals surface area contributed by atoms with Crippen LogP contribution in [0.25, 0.3) is 0 Å². The lowest BCUT2D eigenvalue weighted by Crippen LogP contribution is -2.45. The molecule has 5 nitrogen and oxygen atoms in total. The van der Waals surface area contributed by atoms with Gasteiger partial charge in [-0.1, -0.05) is 48.0 Å². The van der Waals surface area contributed by atoms with Gasteiger partial charge in [-0.3, -0.25) is 9.10 Å². The van der Waals surface area contributed by atoms with Crippen molar-refractivity contribution in [3.63, 3.8) is 0 Å². The highest BCUT2D eigenvalue weighted by molar-refractivity contribution is 7.92. The van der Waals surface area contributed by atoms with E-state index < -0.39 is 10.0 Å². The summed E-state index contributed by atoms with van der Waals surface area (Å²) in [6, 6.07) is 21.7. The van der Waals surface area contributed by atoms with E-state index in [0.717, 1.165) is 28.8 Å². The summed E-state index contributed by atoms with van der Waals surface area (Å²) in [5.41, 5.74) is 4.34. The predicted octanol–water partition coefficient (Wildman–Crippen LogP) is 4.48. The third-order valence-electron chi connectivity index (χ3n) is 5.65. The Morgan fingerprint density at radius 1 is 0.968 bits per heavy atom. The van der Waals surface area contributed by atoms with E-state index in [1.807, 2.05) is 51.1 Å². The van der Waals surface area contributed by atoms with Crippen LogP contribution in [0, 0.1) is 13.8 Å². The molecule has 0 saturated carbocycles. The maximum atomic E-state index is 13.6. The Labute approximate surface area is 184 Å². The van der Waals surface area contributed by atoms with Gasteiger partial charge < -0.3 is 4.90 Å². The van der Waals surface area contributed by atoms with E-state index in [0.29, 0.717) is 5.69 Å². The van der Waals surface area contributed by atoms with Crippen molar-refractivity contribution < 1.29 is 13.2 Å². The number of carbonyl (C=O) groups excluding carboxylic acids is 1. The highest BCUT2D eigenvalue weighted by Crippen LogP contribution is 2.33. The van der Waals surface area contributed by atoms with Crippen molar-refractivity contribution in [1.29, 1.82) is 0 Å². The molecule has 1 unspecified atom stereocenters. The molecular formula is C25H26N2O3S. The average Bonchev–Trinajstić information content (AvgIpc) is 3.07. The van der Waals surface area contributed by atoms with Gasteiger partial charge in [0, 0.05) is 11.7 Å². The van der Waals surface area contributed by atoms with Crippen molar-refractivity contribution in [2.75, 3.05) is 15.7 Å². The molecule has 1 amide bonds. The molecule has 0 bridgehead atoms. The minimum Gasteiger partial charge on any atom is -0.307 e. The van der Waals surface area contributed by atoms with Gasteiger partial charge in [-0.05, 0) is 68.7 Å². The number of sulfonamides is 1. The van der Waals surface area contributed by atoms with Gasteiger partial charge in [0.1, 0.15) is 6.54 Å². The SMILES string of the molecule is Cc1ccc(S(=O)(=O)N(CC(=O)N2c3ccccc3CC2C)c2cccc(C)c2)cc1. The zero-order valence-corrected chi connectivity index (χ0v) is 18.8. The van der Waals surface area contributed by atoms with Gasteiger partial charge >= 0.3 is 0 Å². The van der Waals surface area contributed by atoms with Crippen LogP contribution in [-0.2, 0) is 21.2 Å². The summed E-state index contributed by atoms with van der Waals surface area (Å²) in [6.45, 7) is 5.53. The van der Waals surface area contributed by atoms with Gasteiger partial charge in [-0.15, -0.1) is 0 Å². The minimum atomic E-state index is -3.92. The molecule has 160 valence electrons. The standard InChI is InChI=1S/C25H26N2O3S/c1-18-11-13-23(14-12-18)31(29,30)26(22-9-6-7-19(2)15-22)17-25(28)27-20(3)16-21-8-4-5-10-24(21)27/h4-15,20H,16-17H2,1-3H3. The molecule has 1 aliphatic rings. The lowest BCUT2D eigenvalue weighted by molar-refractivity contribution is -0.117. The molecule has 3 aromatic carbocycles. The molecule has 6 heteroatoms. The Balaban J connectivity index is 1.74. The molecule has 0 aromatic heterocycles. The monoisotopic (exact) mass is 434 g/mol. The molecule has 0 N–H and O–H groups in total. The van der Waals surface area contributed by atoms with Gasteiger partial charge in [0.25, 0.3) is 10.0 Å². The number of nitrogens with zero attached hydrogens (tertiary/aromatic N) is 2. The predicted molar refractivity (Wildman–Crippen MR) is 124 cm³/mol. The van der Waals surface area contributed by atoms with Crippen LogP contribution in [0.2, 0.25) is 0 Å². The van der Waals surface area contributed by atoms with E-state index in [9.17, 15) is 13.2 Å². The van der Waals surface area contributed by atoms with Crippen LogP contribution in [0.15, 0.2) is 77.7 Å². The van der Waals surface area contributed by atoms with Crippen LogP contribution in [0.4, 0.5) is 11.4 Å². The first kappa shape index (κ1) is 21.1. The topological polar surface area (TPSA) is 57.7 Å². The van der Waals surface area contributed by atoms with Gasteiger partial charge in [0.2, 0.25) is 5.91 Å². The minimum absolute atomic E-state index is 0.0219. The van der Waals surface area contributed by atoms with Crippen molar-refractivity contribution in [3.8, 4) is 0 Å². The number of anilines is 2. The zero-order chi connectivity index (χ0) is 22.2. The number of aryl methyl sites for hydroxylation is 2. The van der Waals surface area contributed by atoms with Crippen molar-refractivity contribution >= 4 is 27.3 Å². The molecule has 0 spiro atoms. The molecule has 0 aliphatic carbocycles. The van der Waals surface area contributed by atoms with E-state index in [2.05, 4.69) is 0 Å². The summed E-state index contributed by atoms with van der Waals surface area (Å²) in [4.78, 5) is 15.3. The molecule has 1 aliphatic heterocycles. The fraction of sp³-hybridized carbons (Fsp3) is 0.240. The lowest BCUT2D eigenvalue weighted by atomic mass is 10.1. The third kappa shape index (κ3) is 4.08. The first-order valence-corrected chi connectivity index (χ1v) is 11.8. The quantitative estimate of drug-likeness (QED) is 0.595. The highest BCUT2D eigenvalue weighted by Gasteiger charge is 2.34. The molecule has 3 aromatic rings. The summed E-state index contributed by atoms with van der Waals surface area (Å²) < 4.78 is 28.4. The van der Waals surface area contributed by atoms with Crippen molar-refractivity contribution in [3.05, 3.63) is 89.5 Å². The maximum absolute atomic E-state index is 13.6. The van der Waals surface area contributed by atoms with E-state index in [1.165, 1.54) is 4.31 Å². The lowest BCUT2D eigenvalue weighted by Gasteiger charge is -2.29. The zero-order valence-electron chi connectivity index (χ0n) is 17.9. The molecule has 1 heterocycles. The van der Waals surface area contributed by atoms with E-state index >= 15 is 0 Å².